The van der Waals surface area contributed by atoms with Gasteiger partial charge in [-0.1, -0.05) is 18.2 Å². The number of fused-ring (bicyclic) bond motifs is 1. The van der Waals surface area contributed by atoms with E-state index < -0.39 is 9.04 Å². The van der Waals surface area contributed by atoms with Gasteiger partial charge in [0.1, 0.15) is 0 Å². The van der Waals surface area contributed by atoms with Gasteiger partial charge in [-0.2, -0.15) is 0 Å². The van der Waals surface area contributed by atoms with Gasteiger partial charge >= 0.3 is 9.04 Å². The molecule has 16 heavy (non-hydrogen) atoms. The summed E-state index contributed by atoms with van der Waals surface area (Å²) >= 11 is 0. The summed E-state index contributed by atoms with van der Waals surface area (Å²) in [6.07, 6.45) is 3.86. The molecule has 0 bridgehead atoms. The number of hydrogen-bond acceptors (Lipinski definition) is 2. The molecule has 0 aliphatic rings. The number of aromatic nitrogens is 1. The normalized spacial score (nSPS) is 11.8. The molecule has 0 saturated carbocycles. The van der Waals surface area contributed by atoms with E-state index in [9.17, 15) is 0 Å². The Labute approximate surface area is 97.1 Å². The van der Waals surface area contributed by atoms with Crippen LogP contribution in [-0.2, 0) is 11.6 Å². The molecule has 0 fully saturated rings. The van der Waals surface area contributed by atoms with Crippen molar-refractivity contribution in [3.63, 3.8) is 0 Å². The fraction of sp³-hybridized carbons (Fsp3) is 0.250. The summed E-state index contributed by atoms with van der Waals surface area (Å²) in [5, 5.41) is 5.22. The van der Waals surface area contributed by atoms with Gasteiger partial charge in [-0.05, 0) is 19.2 Å². The Hall–Kier alpha value is -1.55. The van der Waals surface area contributed by atoms with E-state index in [1.165, 1.54) is 10.9 Å². The molecule has 1 heterocycles. The standard InChI is InChI=1S/C12H15N2OSi/c1-14-9-10(8-13-15-16(2)3)11-6-4-5-7-12(11)14/h4-9H,1-3H3. The SMILES string of the molecule is Cn1cc(C=NO[Si](C)C)c2ccccc21. The van der Waals surface area contributed by atoms with Crippen LogP contribution >= 0.6 is 0 Å². The van der Waals surface area contributed by atoms with E-state index in [-0.39, 0.29) is 0 Å². The van der Waals surface area contributed by atoms with E-state index in [2.05, 4.69) is 41.1 Å². The maximum absolute atomic E-state index is 5.27. The van der Waals surface area contributed by atoms with Crippen LogP contribution in [0, 0.1) is 0 Å². The average Bonchev–Trinajstić information content (AvgIpc) is 2.57. The lowest BCUT2D eigenvalue weighted by molar-refractivity contribution is 0.354. The molecule has 3 nitrogen and oxygen atoms in total. The lowest BCUT2D eigenvalue weighted by Crippen LogP contribution is -2.01. The van der Waals surface area contributed by atoms with Crippen molar-refractivity contribution < 1.29 is 4.53 Å². The molecule has 4 heteroatoms. The van der Waals surface area contributed by atoms with Crippen molar-refractivity contribution in [2.75, 3.05) is 0 Å². The molecule has 0 aliphatic carbocycles. The second kappa shape index (κ2) is 4.53. The molecule has 0 amide bonds. The molecule has 2 aromatic rings. The average molecular weight is 231 g/mol. The highest BCUT2D eigenvalue weighted by Gasteiger charge is 2.03. The Morgan fingerprint density at radius 2 is 2.06 bits per heavy atom. The summed E-state index contributed by atoms with van der Waals surface area (Å²) in [5.41, 5.74) is 2.31. The summed E-state index contributed by atoms with van der Waals surface area (Å²) in [5.74, 6) is 0. The fourth-order valence-electron chi connectivity index (χ4n) is 1.66. The van der Waals surface area contributed by atoms with Crippen LogP contribution in [-0.4, -0.2) is 19.8 Å². The quantitative estimate of drug-likeness (QED) is 0.453. The van der Waals surface area contributed by atoms with Crippen LogP contribution < -0.4 is 0 Å². The third-order valence-corrected chi connectivity index (χ3v) is 2.83. The van der Waals surface area contributed by atoms with E-state index in [0.29, 0.717) is 0 Å². The number of nitrogens with zero attached hydrogens (tertiary/aromatic N) is 2. The molecule has 0 spiro atoms. The third kappa shape index (κ3) is 2.16. The van der Waals surface area contributed by atoms with Gasteiger partial charge in [-0.25, -0.2) is 0 Å². The van der Waals surface area contributed by atoms with Gasteiger partial charge in [0.15, 0.2) is 0 Å². The van der Waals surface area contributed by atoms with Gasteiger partial charge in [0.25, 0.3) is 0 Å². The van der Waals surface area contributed by atoms with Gasteiger partial charge in [0, 0.05) is 29.7 Å². The summed E-state index contributed by atoms with van der Waals surface area (Å²) < 4.78 is 7.36. The molecule has 1 aromatic carbocycles. The molecule has 1 radical (unpaired) electrons. The number of rotatable bonds is 3. The number of benzene rings is 1. The minimum Gasteiger partial charge on any atom is -0.455 e. The maximum Gasteiger partial charge on any atom is 0.313 e. The third-order valence-electron chi connectivity index (χ3n) is 2.35. The predicted octanol–water partition coefficient (Wildman–Crippen LogP) is 2.78. The molecule has 0 aliphatic heterocycles. The molecule has 2 rings (SSSR count). The lowest BCUT2D eigenvalue weighted by atomic mass is 10.2. The first-order valence-corrected chi connectivity index (χ1v) is 7.64. The van der Waals surface area contributed by atoms with Crippen LogP contribution in [0.15, 0.2) is 35.6 Å². The van der Waals surface area contributed by atoms with Crippen molar-refractivity contribution in [2.45, 2.75) is 13.1 Å². The Morgan fingerprint density at radius 1 is 1.31 bits per heavy atom. The van der Waals surface area contributed by atoms with Crippen molar-refractivity contribution in [3.8, 4) is 0 Å². The summed E-state index contributed by atoms with van der Waals surface area (Å²) in [7, 11) is 1.28. The van der Waals surface area contributed by atoms with Crippen molar-refractivity contribution in [2.24, 2.45) is 12.2 Å². The first-order valence-electron chi connectivity index (χ1n) is 5.23. The maximum atomic E-state index is 5.27. The molecule has 0 saturated heterocycles. The second-order valence-electron chi connectivity index (χ2n) is 3.95. The van der Waals surface area contributed by atoms with E-state index in [0.717, 1.165) is 5.56 Å². The predicted molar refractivity (Wildman–Crippen MR) is 69.1 cm³/mol. The Kier molecular flexibility index (Phi) is 3.10. The zero-order valence-corrected chi connectivity index (χ0v) is 10.8. The van der Waals surface area contributed by atoms with E-state index >= 15 is 0 Å². The van der Waals surface area contributed by atoms with Crippen LogP contribution in [0.2, 0.25) is 13.1 Å². The first-order chi connectivity index (χ1) is 7.68. The molecule has 0 N–H and O–H groups in total. The number of aryl methyl sites for hydroxylation is 1. The van der Waals surface area contributed by atoms with Gasteiger partial charge in [0.2, 0.25) is 0 Å². The van der Waals surface area contributed by atoms with Gasteiger partial charge in [-0.3, -0.25) is 0 Å². The number of hydrogen-bond donors (Lipinski definition) is 0. The van der Waals surface area contributed by atoms with Crippen molar-refractivity contribution >= 4 is 26.2 Å². The smallest absolute Gasteiger partial charge is 0.313 e. The van der Waals surface area contributed by atoms with Gasteiger partial charge in [-0.15, -0.1) is 5.16 Å². The van der Waals surface area contributed by atoms with Crippen molar-refractivity contribution in [1.82, 2.24) is 4.57 Å². The minimum atomic E-state index is -0.755. The highest BCUT2D eigenvalue weighted by atomic mass is 28.3. The fourth-order valence-corrected chi connectivity index (χ4v) is 1.93. The highest BCUT2D eigenvalue weighted by molar-refractivity contribution is 6.48. The lowest BCUT2D eigenvalue weighted by Gasteiger charge is -1.97. The Morgan fingerprint density at radius 3 is 2.81 bits per heavy atom. The Balaban J connectivity index is 2.34. The van der Waals surface area contributed by atoms with Crippen LogP contribution in [0.25, 0.3) is 10.9 Å². The van der Waals surface area contributed by atoms with E-state index in [1.54, 1.807) is 6.21 Å². The Bertz CT molecular complexity index is 517. The topological polar surface area (TPSA) is 26.5 Å². The largest absolute Gasteiger partial charge is 0.455 e. The van der Waals surface area contributed by atoms with Crippen molar-refractivity contribution in [3.05, 3.63) is 36.0 Å². The molecular formula is C12H15N2OSi. The van der Waals surface area contributed by atoms with Crippen LogP contribution in [0.1, 0.15) is 5.56 Å². The van der Waals surface area contributed by atoms with Crippen LogP contribution in [0.4, 0.5) is 0 Å². The van der Waals surface area contributed by atoms with Gasteiger partial charge in [0.05, 0.1) is 6.21 Å². The monoisotopic (exact) mass is 231 g/mol. The molecular weight excluding hydrogens is 216 g/mol. The zero-order valence-electron chi connectivity index (χ0n) is 9.77. The highest BCUT2D eigenvalue weighted by Crippen LogP contribution is 2.18. The molecule has 83 valence electrons. The first kappa shape index (κ1) is 10.9. The second-order valence-corrected chi connectivity index (χ2v) is 5.95. The number of oxime groups is 1. The summed E-state index contributed by atoms with van der Waals surface area (Å²) in [6.45, 7) is 4.12. The molecule has 1 aromatic heterocycles. The van der Waals surface area contributed by atoms with Crippen LogP contribution in [0.3, 0.4) is 0 Å². The molecule has 0 atom stereocenters. The van der Waals surface area contributed by atoms with Crippen LogP contribution in [0.5, 0.6) is 0 Å². The zero-order chi connectivity index (χ0) is 11.5. The number of para-hydroxylation sites is 1. The molecule has 0 unspecified atom stereocenters. The van der Waals surface area contributed by atoms with E-state index in [1.807, 2.05) is 19.2 Å². The van der Waals surface area contributed by atoms with Gasteiger partial charge < -0.3 is 9.09 Å². The summed E-state index contributed by atoms with van der Waals surface area (Å²) in [6, 6.07) is 8.27. The van der Waals surface area contributed by atoms with E-state index in [4.69, 9.17) is 4.53 Å². The summed E-state index contributed by atoms with van der Waals surface area (Å²) in [4.78, 5) is 0. The van der Waals surface area contributed by atoms with Crippen molar-refractivity contribution in [1.29, 1.82) is 0 Å². The minimum absolute atomic E-state index is 0.755.